The standard InChI is InChI=1S/C13H20N2O2S/c14-8-4-6-12-5-3-7-13(11-12)15-9-1-2-10-18(15,16)17/h3,5,7,11H,1-2,4,6,8-10,14H2. The first-order chi connectivity index (χ1) is 8.63. The largest absolute Gasteiger partial charge is 0.330 e. The lowest BCUT2D eigenvalue weighted by molar-refractivity contribution is 0.574. The molecule has 0 atom stereocenters. The number of benzene rings is 1. The summed E-state index contributed by atoms with van der Waals surface area (Å²) in [5, 5.41) is 0. The molecule has 0 unspecified atom stereocenters. The second kappa shape index (κ2) is 5.71. The van der Waals surface area contributed by atoms with Crippen LogP contribution in [0.2, 0.25) is 0 Å². The first kappa shape index (κ1) is 13.4. The van der Waals surface area contributed by atoms with Crippen LogP contribution in [0.5, 0.6) is 0 Å². The Morgan fingerprint density at radius 1 is 1.28 bits per heavy atom. The maximum Gasteiger partial charge on any atom is 0.235 e. The van der Waals surface area contributed by atoms with Crippen LogP contribution in [0.1, 0.15) is 24.8 Å². The highest BCUT2D eigenvalue weighted by Crippen LogP contribution is 2.24. The van der Waals surface area contributed by atoms with E-state index in [-0.39, 0.29) is 5.75 Å². The van der Waals surface area contributed by atoms with Crippen LogP contribution in [0.3, 0.4) is 0 Å². The van der Waals surface area contributed by atoms with E-state index >= 15 is 0 Å². The molecule has 2 N–H and O–H groups in total. The molecule has 1 aromatic rings. The molecule has 18 heavy (non-hydrogen) atoms. The van der Waals surface area contributed by atoms with E-state index in [1.165, 1.54) is 0 Å². The normalized spacial score (nSPS) is 18.8. The number of nitrogens with zero attached hydrogens (tertiary/aromatic N) is 1. The Morgan fingerprint density at radius 3 is 2.83 bits per heavy atom. The summed E-state index contributed by atoms with van der Waals surface area (Å²) in [5.74, 6) is 0.264. The molecule has 0 aromatic heterocycles. The minimum absolute atomic E-state index is 0.264. The lowest BCUT2D eigenvalue weighted by atomic mass is 10.1. The first-order valence-electron chi connectivity index (χ1n) is 6.43. The molecule has 0 amide bonds. The highest BCUT2D eigenvalue weighted by molar-refractivity contribution is 7.92. The van der Waals surface area contributed by atoms with Crippen molar-refractivity contribution in [3.05, 3.63) is 29.8 Å². The third-order valence-corrected chi connectivity index (χ3v) is 5.09. The van der Waals surface area contributed by atoms with Crippen molar-refractivity contribution in [1.29, 1.82) is 0 Å². The van der Waals surface area contributed by atoms with Crippen LogP contribution in [0, 0.1) is 0 Å². The van der Waals surface area contributed by atoms with Crippen LogP contribution in [0.15, 0.2) is 24.3 Å². The average molecular weight is 268 g/mol. The molecule has 0 saturated carbocycles. The van der Waals surface area contributed by atoms with Gasteiger partial charge in [0.15, 0.2) is 0 Å². The molecule has 1 heterocycles. The maximum atomic E-state index is 12.0. The number of anilines is 1. The fourth-order valence-corrected chi connectivity index (χ4v) is 3.88. The van der Waals surface area contributed by atoms with Gasteiger partial charge in [-0.25, -0.2) is 8.42 Å². The smallest absolute Gasteiger partial charge is 0.235 e. The van der Waals surface area contributed by atoms with Gasteiger partial charge in [-0.1, -0.05) is 12.1 Å². The van der Waals surface area contributed by atoms with Crippen molar-refractivity contribution in [2.45, 2.75) is 25.7 Å². The van der Waals surface area contributed by atoms with Crippen LogP contribution in [-0.4, -0.2) is 27.3 Å². The summed E-state index contributed by atoms with van der Waals surface area (Å²) in [4.78, 5) is 0. The summed E-state index contributed by atoms with van der Waals surface area (Å²) in [6.45, 7) is 1.26. The molecule has 1 saturated heterocycles. The third-order valence-electron chi connectivity index (χ3n) is 3.22. The minimum Gasteiger partial charge on any atom is -0.330 e. The fraction of sp³-hybridized carbons (Fsp3) is 0.538. The Kier molecular flexibility index (Phi) is 4.24. The zero-order chi connectivity index (χ0) is 13.0. The predicted octanol–water partition coefficient (Wildman–Crippen LogP) is 1.51. The van der Waals surface area contributed by atoms with Gasteiger partial charge in [-0.2, -0.15) is 0 Å². The second-order valence-electron chi connectivity index (χ2n) is 4.66. The maximum absolute atomic E-state index is 12.0. The molecule has 1 aliphatic heterocycles. The van der Waals surface area contributed by atoms with Crippen molar-refractivity contribution in [2.75, 3.05) is 23.1 Å². The zero-order valence-electron chi connectivity index (χ0n) is 10.5. The molecule has 2 rings (SSSR count). The molecular formula is C13H20N2O2S. The molecule has 0 aliphatic carbocycles. The number of hydrogen-bond donors (Lipinski definition) is 1. The van der Waals surface area contributed by atoms with Gasteiger partial charge in [0.05, 0.1) is 11.4 Å². The number of hydrogen-bond acceptors (Lipinski definition) is 3. The number of aryl methyl sites for hydroxylation is 1. The van der Waals surface area contributed by atoms with Gasteiger partial charge in [-0.3, -0.25) is 4.31 Å². The lowest BCUT2D eigenvalue weighted by Gasteiger charge is -2.28. The molecule has 1 aromatic carbocycles. The van der Waals surface area contributed by atoms with Crippen LogP contribution >= 0.6 is 0 Å². The summed E-state index contributed by atoms with van der Waals surface area (Å²) in [5.41, 5.74) is 7.44. The molecule has 1 aliphatic rings. The van der Waals surface area contributed by atoms with Gasteiger partial charge < -0.3 is 5.73 Å². The van der Waals surface area contributed by atoms with Crippen molar-refractivity contribution in [3.63, 3.8) is 0 Å². The van der Waals surface area contributed by atoms with Gasteiger partial charge in [0, 0.05) is 6.54 Å². The van der Waals surface area contributed by atoms with Gasteiger partial charge in [0.1, 0.15) is 0 Å². The lowest BCUT2D eigenvalue weighted by Crippen LogP contribution is -2.37. The molecule has 0 bridgehead atoms. The van der Waals surface area contributed by atoms with Crippen molar-refractivity contribution in [2.24, 2.45) is 5.73 Å². The summed E-state index contributed by atoms with van der Waals surface area (Å²) in [6, 6.07) is 7.79. The fourth-order valence-electron chi connectivity index (χ4n) is 2.25. The molecule has 0 spiro atoms. The Morgan fingerprint density at radius 2 is 2.11 bits per heavy atom. The van der Waals surface area contributed by atoms with E-state index in [9.17, 15) is 8.42 Å². The molecule has 4 nitrogen and oxygen atoms in total. The van der Waals surface area contributed by atoms with E-state index in [4.69, 9.17) is 5.73 Å². The van der Waals surface area contributed by atoms with E-state index in [1.807, 2.05) is 24.3 Å². The summed E-state index contributed by atoms with van der Waals surface area (Å²) >= 11 is 0. The van der Waals surface area contributed by atoms with Crippen molar-refractivity contribution < 1.29 is 8.42 Å². The topological polar surface area (TPSA) is 63.4 Å². The quantitative estimate of drug-likeness (QED) is 0.900. The molecule has 100 valence electrons. The second-order valence-corrected chi connectivity index (χ2v) is 6.67. The van der Waals surface area contributed by atoms with Crippen molar-refractivity contribution in [3.8, 4) is 0 Å². The Bertz CT molecular complexity index is 499. The average Bonchev–Trinajstić information content (AvgIpc) is 2.36. The van der Waals surface area contributed by atoms with Gasteiger partial charge >= 0.3 is 0 Å². The number of sulfonamides is 1. The number of rotatable bonds is 4. The van der Waals surface area contributed by atoms with Crippen molar-refractivity contribution >= 4 is 15.7 Å². The minimum atomic E-state index is -3.11. The molecular weight excluding hydrogens is 248 g/mol. The molecule has 1 fully saturated rings. The van der Waals surface area contributed by atoms with Gasteiger partial charge in [-0.15, -0.1) is 0 Å². The summed E-state index contributed by atoms with van der Waals surface area (Å²) in [7, 11) is -3.11. The third kappa shape index (κ3) is 3.03. The molecule has 5 heteroatoms. The monoisotopic (exact) mass is 268 g/mol. The highest BCUT2D eigenvalue weighted by atomic mass is 32.2. The Hall–Kier alpha value is -1.07. The van der Waals surface area contributed by atoms with E-state index < -0.39 is 10.0 Å². The van der Waals surface area contributed by atoms with Gasteiger partial charge in [0.25, 0.3) is 0 Å². The van der Waals surface area contributed by atoms with Crippen LogP contribution in [0.25, 0.3) is 0 Å². The number of nitrogens with two attached hydrogens (primary N) is 1. The summed E-state index contributed by atoms with van der Waals surface area (Å²) in [6.07, 6.45) is 3.53. The zero-order valence-corrected chi connectivity index (χ0v) is 11.3. The Balaban J connectivity index is 2.21. The van der Waals surface area contributed by atoms with E-state index in [0.29, 0.717) is 13.1 Å². The highest BCUT2D eigenvalue weighted by Gasteiger charge is 2.25. The SMILES string of the molecule is NCCCc1cccc(N2CCCCS2(=O)=O)c1. The van der Waals surface area contributed by atoms with Crippen LogP contribution < -0.4 is 10.0 Å². The van der Waals surface area contributed by atoms with E-state index in [0.717, 1.165) is 36.9 Å². The Labute approximate surface area is 109 Å². The van der Waals surface area contributed by atoms with Crippen LogP contribution in [-0.2, 0) is 16.4 Å². The summed E-state index contributed by atoms with van der Waals surface area (Å²) < 4.78 is 25.6. The van der Waals surface area contributed by atoms with E-state index in [2.05, 4.69) is 0 Å². The molecule has 0 radical (unpaired) electrons. The van der Waals surface area contributed by atoms with Crippen molar-refractivity contribution in [1.82, 2.24) is 0 Å². The van der Waals surface area contributed by atoms with Gasteiger partial charge in [-0.05, 0) is 49.9 Å². The van der Waals surface area contributed by atoms with Gasteiger partial charge in [0.2, 0.25) is 10.0 Å². The van der Waals surface area contributed by atoms with E-state index in [1.54, 1.807) is 4.31 Å². The first-order valence-corrected chi connectivity index (χ1v) is 8.04. The predicted molar refractivity (Wildman–Crippen MR) is 74.2 cm³/mol. The van der Waals surface area contributed by atoms with Crippen LogP contribution in [0.4, 0.5) is 5.69 Å².